The molecule has 1 unspecified atom stereocenters. The Bertz CT molecular complexity index is 490. The first-order valence-electron chi connectivity index (χ1n) is 6.87. The largest absolute Gasteiger partial charge is 0.310 e. The van der Waals surface area contributed by atoms with Gasteiger partial charge in [-0.1, -0.05) is 51.1 Å². The smallest absolute Gasteiger partial charge is 0.107 e. The number of aromatic nitrogens is 1. The fourth-order valence-electron chi connectivity index (χ4n) is 1.78. The standard InChI is InChI=1S/C16H22N2S/c1-12(2)13(3)9-17-10-16-18-15(11-19-16)14-7-5-4-6-8-14/h4-8,11-13,17H,9-10H2,1-3H3. The molecule has 0 aliphatic carbocycles. The van der Waals surface area contributed by atoms with Gasteiger partial charge in [-0.3, -0.25) is 0 Å². The molecule has 1 N–H and O–H groups in total. The lowest BCUT2D eigenvalue weighted by Gasteiger charge is -2.15. The average molecular weight is 274 g/mol. The van der Waals surface area contributed by atoms with Crippen LogP contribution in [0.5, 0.6) is 0 Å². The Morgan fingerprint density at radius 2 is 1.89 bits per heavy atom. The van der Waals surface area contributed by atoms with E-state index in [2.05, 4.69) is 60.7 Å². The van der Waals surface area contributed by atoms with Gasteiger partial charge in [0.05, 0.1) is 5.69 Å². The molecule has 2 rings (SSSR count). The fraction of sp³-hybridized carbons (Fsp3) is 0.438. The van der Waals surface area contributed by atoms with Crippen molar-refractivity contribution in [2.45, 2.75) is 27.3 Å². The average Bonchev–Trinajstić information content (AvgIpc) is 2.88. The van der Waals surface area contributed by atoms with Gasteiger partial charge in [0.2, 0.25) is 0 Å². The number of nitrogens with one attached hydrogen (secondary N) is 1. The Morgan fingerprint density at radius 3 is 2.58 bits per heavy atom. The van der Waals surface area contributed by atoms with Crippen molar-refractivity contribution in [1.29, 1.82) is 0 Å². The van der Waals surface area contributed by atoms with Crippen molar-refractivity contribution in [3.8, 4) is 11.3 Å². The maximum absolute atomic E-state index is 4.68. The molecule has 0 amide bonds. The van der Waals surface area contributed by atoms with Crippen LogP contribution in [0.1, 0.15) is 25.8 Å². The molecule has 0 fully saturated rings. The van der Waals surface area contributed by atoms with Crippen LogP contribution in [-0.4, -0.2) is 11.5 Å². The lowest BCUT2D eigenvalue weighted by atomic mass is 9.98. The van der Waals surface area contributed by atoms with E-state index >= 15 is 0 Å². The maximum atomic E-state index is 4.68. The third kappa shape index (κ3) is 4.15. The van der Waals surface area contributed by atoms with Gasteiger partial charge in [-0.05, 0) is 18.4 Å². The Balaban J connectivity index is 1.88. The van der Waals surface area contributed by atoms with Gasteiger partial charge in [-0.25, -0.2) is 4.98 Å². The van der Waals surface area contributed by atoms with Crippen LogP contribution < -0.4 is 5.32 Å². The van der Waals surface area contributed by atoms with E-state index in [1.165, 1.54) is 5.56 Å². The van der Waals surface area contributed by atoms with Gasteiger partial charge in [0.1, 0.15) is 5.01 Å². The predicted octanol–water partition coefficient (Wildman–Crippen LogP) is 4.19. The first-order chi connectivity index (χ1) is 9.16. The first-order valence-corrected chi connectivity index (χ1v) is 7.75. The SMILES string of the molecule is CC(C)C(C)CNCc1nc(-c2ccccc2)cs1. The maximum Gasteiger partial charge on any atom is 0.107 e. The summed E-state index contributed by atoms with van der Waals surface area (Å²) in [6.07, 6.45) is 0. The third-order valence-electron chi connectivity index (χ3n) is 3.50. The van der Waals surface area contributed by atoms with E-state index in [9.17, 15) is 0 Å². The Morgan fingerprint density at radius 1 is 1.16 bits per heavy atom. The number of hydrogen-bond donors (Lipinski definition) is 1. The van der Waals surface area contributed by atoms with E-state index in [4.69, 9.17) is 0 Å². The molecule has 0 saturated heterocycles. The molecule has 0 saturated carbocycles. The second kappa shape index (κ2) is 6.83. The zero-order valence-corrected chi connectivity index (χ0v) is 12.7. The monoisotopic (exact) mass is 274 g/mol. The predicted molar refractivity (Wildman–Crippen MR) is 83.3 cm³/mol. The van der Waals surface area contributed by atoms with Gasteiger partial charge in [-0.15, -0.1) is 11.3 Å². The van der Waals surface area contributed by atoms with Gasteiger partial charge in [0, 0.05) is 17.5 Å². The minimum Gasteiger partial charge on any atom is -0.310 e. The Hall–Kier alpha value is -1.19. The summed E-state index contributed by atoms with van der Waals surface area (Å²) in [6.45, 7) is 8.74. The van der Waals surface area contributed by atoms with Gasteiger partial charge in [-0.2, -0.15) is 0 Å². The van der Waals surface area contributed by atoms with Crippen LogP contribution in [-0.2, 0) is 6.54 Å². The van der Waals surface area contributed by atoms with Crippen LogP contribution in [0.15, 0.2) is 35.7 Å². The minimum atomic E-state index is 0.702. The van der Waals surface area contributed by atoms with Crippen molar-refractivity contribution in [3.63, 3.8) is 0 Å². The summed E-state index contributed by atoms with van der Waals surface area (Å²) in [6, 6.07) is 10.3. The van der Waals surface area contributed by atoms with Crippen LogP contribution in [0.3, 0.4) is 0 Å². The molecule has 2 nitrogen and oxygen atoms in total. The van der Waals surface area contributed by atoms with E-state index in [1.54, 1.807) is 11.3 Å². The number of rotatable bonds is 6. The van der Waals surface area contributed by atoms with Crippen molar-refractivity contribution in [1.82, 2.24) is 10.3 Å². The lowest BCUT2D eigenvalue weighted by Crippen LogP contribution is -2.23. The van der Waals surface area contributed by atoms with Crippen LogP contribution in [0.2, 0.25) is 0 Å². The molecule has 3 heteroatoms. The van der Waals surface area contributed by atoms with Crippen molar-refractivity contribution < 1.29 is 0 Å². The quantitative estimate of drug-likeness (QED) is 0.854. The Labute approximate surface area is 119 Å². The summed E-state index contributed by atoms with van der Waals surface area (Å²) >= 11 is 1.73. The molecule has 0 aliphatic rings. The molecule has 0 radical (unpaired) electrons. The summed E-state index contributed by atoms with van der Waals surface area (Å²) in [7, 11) is 0. The second-order valence-corrected chi connectivity index (χ2v) is 6.29. The molecule has 1 aromatic carbocycles. The van der Waals surface area contributed by atoms with Crippen molar-refractivity contribution in [3.05, 3.63) is 40.7 Å². The summed E-state index contributed by atoms with van der Waals surface area (Å²) in [5, 5.41) is 6.79. The van der Waals surface area contributed by atoms with Crippen molar-refractivity contribution in [2.75, 3.05) is 6.54 Å². The molecular weight excluding hydrogens is 252 g/mol. The van der Waals surface area contributed by atoms with Crippen molar-refractivity contribution >= 4 is 11.3 Å². The number of nitrogens with zero attached hydrogens (tertiary/aromatic N) is 1. The molecule has 102 valence electrons. The van der Waals surface area contributed by atoms with Gasteiger partial charge < -0.3 is 5.32 Å². The van der Waals surface area contributed by atoms with Gasteiger partial charge in [0.15, 0.2) is 0 Å². The molecule has 1 aromatic heterocycles. The third-order valence-corrected chi connectivity index (χ3v) is 4.35. The number of thiazole rings is 1. The number of benzene rings is 1. The highest BCUT2D eigenvalue weighted by molar-refractivity contribution is 7.09. The molecule has 0 bridgehead atoms. The fourth-order valence-corrected chi connectivity index (χ4v) is 2.55. The van der Waals surface area contributed by atoms with Crippen molar-refractivity contribution in [2.24, 2.45) is 11.8 Å². The normalized spacial score (nSPS) is 12.8. The molecule has 0 spiro atoms. The highest BCUT2D eigenvalue weighted by Crippen LogP contribution is 2.21. The van der Waals surface area contributed by atoms with E-state index in [1.807, 2.05) is 6.07 Å². The summed E-state index contributed by atoms with van der Waals surface area (Å²) in [5.41, 5.74) is 2.28. The second-order valence-electron chi connectivity index (χ2n) is 5.34. The molecular formula is C16H22N2S. The Kier molecular flexibility index (Phi) is 5.11. The highest BCUT2D eigenvalue weighted by atomic mass is 32.1. The van der Waals surface area contributed by atoms with Crippen LogP contribution in [0.25, 0.3) is 11.3 Å². The first kappa shape index (κ1) is 14.2. The van der Waals surface area contributed by atoms with Crippen LogP contribution in [0, 0.1) is 11.8 Å². The molecule has 19 heavy (non-hydrogen) atoms. The van der Waals surface area contributed by atoms with E-state index in [-0.39, 0.29) is 0 Å². The van der Waals surface area contributed by atoms with Gasteiger partial charge >= 0.3 is 0 Å². The molecule has 2 aromatic rings. The molecule has 1 heterocycles. The highest BCUT2D eigenvalue weighted by Gasteiger charge is 2.07. The van der Waals surface area contributed by atoms with Crippen LogP contribution in [0.4, 0.5) is 0 Å². The molecule has 1 atom stereocenters. The van der Waals surface area contributed by atoms with E-state index < -0.39 is 0 Å². The lowest BCUT2D eigenvalue weighted by molar-refractivity contribution is 0.392. The zero-order valence-electron chi connectivity index (χ0n) is 11.9. The number of hydrogen-bond acceptors (Lipinski definition) is 3. The van der Waals surface area contributed by atoms with E-state index in [0.717, 1.165) is 29.7 Å². The van der Waals surface area contributed by atoms with Gasteiger partial charge in [0.25, 0.3) is 0 Å². The van der Waals surface area contributed by atoms with E-state index in [0.29, 0.717) is 5.92 Å². The molecule has 0 aliphatic heterocycles. The summed E-state index contributed by atoms with van der Waals surface area (Å²) in [4.78, 5) is 4.68. The van der Waals surface area contributed by atoms with Crippen LogP contribution >= 0.6 is 11.3 Å². The summed E-state index contributed by atoms with van der Waals surface area (Å²) in [5.74, 6) is 1.43. The topological polar surface area (TPSA) is 24.9 Å². The zero-order chi connectivity index (χ0) is 13.7. The minimum absolute atomic E-state index is 0.702. The summed E-state index contributed by atoms with van der Waals surface area (Å²) < 4.78 is 0.